The van der Waals surface area contributed by atoms with E-state index >= 15 is 0 Å². The first-order valence-electron chi connectivity index (χ1n) is 10.3. The minimum Gasteiger partial charge on any atom is -0.353 e. The normalized spacial score (nSPS) is 19.2. The number of thioether (sulfide) groups is 1. The van der Waals surface area contributed by atoms with E-state index < -0.39 is 0 Å². The minimum atomic E-state index is 0.146. The average molecular weight is 409 g/mol. The third-order valence-corrected chi connectivity index (χ3v) is 6.52. The minimum absolute atomic E-state index is 0.146. The summed E-state index contributed by atoms with van der Waals surface area (Å²) < 4.78 is 4.04. The Balaban J connectivity index is 1.40. The van der Waals surface area contributed by atoms with E-state index in [1.165, 1.54) is 12.8 Å². The lowest BCUT2D eigenvalue weighted by Gasteiger charge is -2.26. The van der Waals surface area contributed by atoms with Crippen LogP contribution in [0.4, 0.5) is 0 Å². The van der Waals surface area contributed by atoms with Crippen LogP contribution in [-0.4, -0.2) is 32.0 Å². The van der Waals surface area contributed by atoms with Crippen LogP contribution in [0.3, 0.4) is 0 Å². The van der Waals surface area contributed by atoms with Gasteiger partial charge in [0.15, 0.2) is 0 Å². The number of carbonyl (C=O) groups excluding carboxylic acids is 1. The highest BCUT2D eigenvalue weighted by atomic mass is 32.2. The molecule has 2 aromatic heterocycles. The Kier molecular flexibility index (Phi) is 6.39. The predicted molar refractivity (Wildman–Crippen MR) is 119 cm³/mol. The van der Waals surface area contributed by atoms with Crippen LogP contribution >= 0.6 is 11.8 Å². The van der Waals surface area contributed by atoms with Gasteiger partial charge in [0.2, 0.25) is 5.91 Å². The summed E-state index contributed by atoms with van der Waals surface area (Å²) in [6, 6.07) is 14.5. The molecule has 0 atom stereocenters. The first kappa shape index (κ1) is 19.8. The molecule has 1 aromatic carbocycles. The fourth-order valence-corrected chi connectivity index (χ4v) is 4.71. The highest BCUT2D eigenvalue weighted by molar-refractivity contribution is 7.99. The van der Waals surface area contributed by atoms with Gasteiger partial charge in [-0.2, -0.15) is 5.10 Å². The van der Waals surface area contributed by atoms with Gasteiger partial charge >= 0.3 is 0 Å². The summed E-state index contributed by atoms with van der Waals surface area (Å²) in [7, 11) is 0. The van der Waals surface area contributed by atoms with Crippen molar-refractivity contribution in [2.45, 2.75) is 44.4 Å². The topological polar surface area (TPSA) is 51.9 Å². The quantitative estimate of drug-likeness (QED) is 0.622. The Morgan fingerprint density at radius 3 is 2.55 bits per heavy atom. The van der Waals surface area contributed by atoms with E-state index in [0.717, 1.165) is 41.6 Å². The van der Waals surface area contributed by atoms with Gasteiger partial charge in [-0.15, -0.1) is 11.8 Å². The molecule has 0 unspecified atom stereocenters. The van der Waals surface area contributed by atoms with Crippen LogP contribution in [0.25, 0.3) is 11.5 Å². The Morgan fingerprint density at radius 1 is 1.10 bits per heavy atom. The summed E-state index contributed by atoms with van der Waals surface area (Å²) in [5.41, 5.74) is 2.14. The molecule has 2 heterocycles. The van der Waals surface area contributed by atoms with Crippen molar-refractivity contribution in [2.24, 2.45) is 5.92 Å². The van der Waals surface area contributed by atoms with Gasteiger partial charge in [0.25, 0.3) is 0 Å². The number of hydrogen-bond acceptors (Lipinski definition) is 3. The van der Waals surface area contributed by atoms with Gasteiger partial charge in [-0.3, -0.25) is 4.79 Å². The molecule has 1 aliphatic rings. The smallest absolute Gasteiger partial charge is 0.230 e. The summed E-state index contributed by atoms with van der Waals surface area (Å²) in [5.74, 6) is 3.19. The molecular weight excluding hydrogens is 380 g/mol. The van der Waals surface area contributed by atoms with Gasteiger partial charge < -0.3 is 9.88 Å². The van der Waals surface area contributed by atoms with Gasteiger partial charge in [0.05, 0.1) is 17.6 Å². The van der Waals surface area contributed by atoms with E-state index in [2.05, 4.69) is 34.0 Å². The fourth-order valence-electron chi connectivity index (χ4n) is 3.91. The van der Waals surface area contributed by atoms with Gasteiger partial charge in [0, 0.05) is 29.8 Å². The number of hydrogen-bond donors (Lipinski definition) is 1. The number of nitrogens with one attached hydrogen (secondary N) is 1. The van der Waals surface area contributed by atoms with Crippen molar-refractivity contribution in [1.82, 2.24) is 19.7 Å². The van der Waals surface area contributed by atoms with E-state index in [1.807, 2.05) is 53.6 Å². The number of para-hydroxylation sites is 1. The second kappa shape index (κ2) is 9.35. The molecule has 0 spiro atoms. The number of aromatic nitrogens is 3. The lowest BCUT2D eigenvalue weighted by molar-refractivity contribution is -0.119. The van der Waals surface area contributed by atoms with E-state index in [9.17, 15) is 4.79 Å². The van der Waals surface area contributed by atoms with Gasteiger partial charge in [-0.1, -0.05) is 25.1 Å². The predicted octanol–water partition coefficient (Wildman–Crippen LogP) is 4.59. The molecule has 1 amide bonds. The van der Waals surface area contributed by atoms with Crippen LogP contribution < -0.4 is 5.32 Å². The molecule has 1 aliphatic carbocycles. The Morgan fingerprint density at radius 2 is 1.83 bits per heavy atom. The van der Waals surface area contributed by atoms with Crippen LogP contribution in [-0.2, 0) is 10.5 Å². The fraction of sp³-hybridized carbons (Fsp3) is 0.391. The molecular formula is C23H28N4OS. The molecule has 1 fully saturated rings. The number of carbonyl (C=O) groups is 1. The van der Waals surface area contributed by atoms with Gasteiger partial charge in [-0.05, 0) is 55.9 Å². The maximum Gasteiger partial charge on any atom is 0.230 e. The lowest BCUT2D eigenvalue weighted by Crippen LogP contribution is -2.38. The van der Waals surface area contributed by atoms with Gasteiger partial charge in [0.1, 0.15) is 5.82 Å². The molecule has 29 heavy (non-hydrogen) atoms. The van der Waals surface area contributed by atoms with E-state index in [1.54, 1.807) is 11.8 Å². The second-order valence-electron chi connectivity index (χ2n) is 7.85. The first-order valence-corrected chi connectivity index (χ1v) is 11.5. The summed E-state index contributed by atoms with van der Waals surface area (Å²) in [6.45, 7) is 2.30. The Bertz CT molecular complexity index is 912. The summed E-state index contributed by atoms with van der Waals surface area (Å²) in [6.07, 6.45) is 10.6. The summed E-state index contributed by atoms with van der Waals surface area (Å²) in [4.78, 5) is 12.4. The van der Waals surface area contributed by atoms with E-state index in [4.69, 9.17) is 0 Å². The van der Waals surface area contributed by atoms with Crippen LogP contribution in [0.15, 0.2) is 61.1 Å². The third kappa shape index (κ3) is 4.93. The van der Waals surface area contributed by atoms with Crippen LogP contribution in [0, 0.1) is 5.92 Å². The van der Waals surface area contributed by atoms with Crippen LogP contribution in [0.2, 0.25) is 0 Å². The zero-order valence-electron chi connectivity index (χ0n) is 16.8. The lowest BCUT2D eigenvalue weighted by atomic mass is 9.87. The molecule has 5 nitrogen and oxygen atoms in total. The largest absolute Gasteiger partial charge is 0.353 e. The Labute approximate surface area is 176 Å². The van der Waals surface area contributed by atoms with Crippen molar-refractivity contribution in [3.8, 4) is 11.5 Å². The van der Waals surface area contributed by atoms with Gasteiger partial charge in [-0.25, -0.2) is 4.68 Å². The molecule has 1 N–H and O–H groups in total. The monoisotopic (exact) mass is 408 g/mol. The molecule has 0 bridgehead atoms. The molecule has 6 heteroatoms. The maximum atomic E-state index is 12.4. The first-order chi connectivity index (χ1) is 14.2. The summed E-state index contributed by atoms with van der Waals surface area (Å²) in [5, 5.41) is 7.84. The van der Waals surface area contributed by atoms with E-state index in [-0.39, 0.29) is 5.91 Å². The van der Waals surface area contributed by atoms with Crippen molar-refractivity contribution in [3.05, 3.63) is 66.6 Å². The standard InChI is InChI=1S/C23H28N4OS/c1-18-9-11-20(12-10-18)25-22(28)17-29-16-19-15-24-27(21-7-3-2-4-8-21)23(19)26-13-5-6-14-26/h2-8,13-15,18,20H,9-12,16-17H2,1H3,(H,25,28). The second-order valence-corrected chi connectivity index (χ2v) is 8.83. The molecule has 0 aliphatic heterocycles. The maximum absolute atomic E-state index is 12.4. The summed E-state index contributed by atoms with van der Waals surface area (Å²) >= 11 is 1.64. The number of benzene rings is 1. The molecule has 0 radical (unpaired) electrons. The SMILES string of the molecule is CC1CCC(NC(=O)CSCc2cnn(-c3ccccc3)c2-n2cccc2)CC1. The van der Waals surface area contributed by atoms with Crippen molar-refractivity contribution in [2.75, 3.05) is 5.75 Å². The van der Waals surface area contributed by atoms with Crippen molar-refractivity contribution in [1.29, 1.82) is 0 Å². The average Bonchev–Trinajstić information content (AvgIpc) is 3.40. The highest BCUT2D eigenvalue weighted by Gasteiger charge is 2.20. The number of amides is 1. The number of nitrogens with zero attached hydrogens (tertiary/aromatic N) is 3. The molecule has 4 rings (SSSR count). The van der Waals surface area contributed by atoms with Crippen molar-refractivity contribution in [3.63, 3.8) is 0 Å². The zero-order chi connectivity index (χ0) is 20.1. The van der Waals surface area contributed by atoms with Crippen molar-refractivity contribution >= 4 is 17.7 Å². The molecule has 3 aromatic rings. The van der Waals surface area contributed by atoms with Crippen LogP contribution in [0.5, 0.6) is 0 Å². The highest BCUT2D eigenvalue weighted by Crippen LogP contribution is 2.25. The molecule has 1 saturated carbocycles. The van der Waals surface area contributed by atoms with Crippen molar-refractivity contribution < 1.29 is 4.79 Å². The third-order valence-electron chi connectivity index (χ3n) is 5.54. The zero-order valence-corrected chi connectivity index (χ0v) is 17.6. The van der Waals surface area contributed by atoms with Crippen LogP contribution in [0.1, 0.15) is 38.2 Å². The molecule has 152 valence electrons. The van der Waals surface area contributed by atoms with E-state index in [0.29, 0.717) is 11.8 Å². The number of rotatable bonds is 7. The molecule has 0 saturated heterocycles. The Hall–Kier alpha value is -2.47.